The van der Waals surface area contributed by atoms with E-state index in [1.54, 1.807) is 6.20 Å². The largest absolute Gasteiger partial charge is 0.396 e. The van der Waals surface area contributed by atoms with Crippen molar-refractivity contribution in [3.8, 4) is 0 Å². The molecule has 0 unspecified atom stereocenters. The molecule has 0 amide bonds. The summed E-state index contributed by atoms with van der Waals surface area (Å²) in [5.41, 5.74) is 7.63. The molecule has 2 fully saturated rings. The Labute approximate surface area is 134 Å². The first-order valence-corrected chi connectivity index (χ1v) is 8.05. The van der Waals surface area contributed by atoms with Gasteiger partial charge in [-0.1, -0.05) is 0 Å². The number of hydrogen-bond donors (Lipinski definition) is 3. The van der Waals surface area contributed by atoms with E-state index >= 15 is 0 Å². The van der Waals surface area contributed by atoms with Crippen LogP contribution in [0, 0.1) is 5.92 Å². The van der Waals surface area contributed by atoms with E-state index in [2.05, 4.69) is 15.2 Å². The molecule has 0 radical (unpaired) electrons. The summed E-state index contributed by atoms with van der Waals surface area (Å²) in [6, 6.07) is 1.93. The van der Waals surface area contributed by atoms with Crippen LogP contribution in [-0.2, 0) is 9.47 Å². The predicted molar refractivity (Wildman–Crippen MR) is 84.7 cm³/mol. The van der Waals surface area contributed by atoms with Gasteiger partial charge in [0.1, 0.15) is 5.52 Å². The van der Waals surface area contributed by atoms with Crippen molar-refractivity contribution >= 4 is 16.7 Å². The molecule has 1 aliphatic heterocycles. The summed E-state index contributed by atoms with van der Waals surface area (Å²) >= 11 is 0. The van der Waals surface area contributed by atoms with Gasteiger partial charge in [0.15, 0.2) is 11.6 Å². The summed E-state index contributed by atoms with van der Waals surface area (Å²) in [5.74, 6) is 0.243. The van der Waals surface area contributed by atoms with Crippen molar-refractivity contribution in [3.63, 3.8) is 0 Å². The zero-order valence-electron chi connectivity index (χ0n) is 13.3. The normalized spacial score (nSPS) is 32.5. The Kier molecular flexibility index (Phi) is 3.33. The van der Waals surface area contributed by atoms with Gasteiger partial charge in [-0.05, 0) is 38.7 Å². The van der Waals surface area contributed by atoms with Crippen molar-refractivity contribution in [2.45, 2.75) is 50.6 Å². The monoisotopic (exact) mass is 318 g/mol. The van der Waals surface area contributed by atoms with Gasteiger partial charge >= 0.3 is 0 Å². The molecule has 23 heavy (non-hydrogen) atoms. The molecule has 0 aromatic carbocycles. The number of aliphatic hydroxyl groups is 1. The number of hydrogen-bond acceptors (Lipinski definition) is 6. The third-order valence-corrected chi connectivity index (χ3v) is 4.98. The fourth-order valence-electron chi connectivity index (χ4n) is 4.08. The van der Waals surface area contributed by atoms with Gasteiger partial charge in [-0.3, -0.25) is 5.10 Å². The second-order valence-electron chi connectivity index (χ2n) is 6.91. The highest BCUT2D eigenvalue weighted by Crippen LogP contribution is 2.50. The SMILES string of the molecule is CC1(C)O[C@@H]2[C@@H](CCO)C[C@@H](c3[nH]nc4c(N)nccc34)[C@@H]2O1. The lowest BCUT2D eigenvalue weighted by Crippen LogP contribution is -2.25. The number of pyridine rings is 1. The molecule has 1 aliphatic carbocycles. The van der Waals surface area contributed by atoms with Crippen LogP contribution < -0.4 is 5.73 Å². The molecule has 7 heteroatoms. The van der Waals surface area contributed by atoms with E-state index in [-0.39, 0.29) is 30.7 Å². The maximum Gasteiger partial charge on any atom is 0.163 e. The van der Waals surface area contributed by atoms with E-state index in [0.29, 0.717) is 17.8 Å². The Morgan fingerprint density at radius 2 is 2.17 bits per heavy atom. The standard InChI is InChI=1S/C16H22N4O3/c1-16(2)22-13-8(4-6-21)7-10(14(13)23-16)11-9-3-5-18-15(17)12(9)20-19-11/h3,5,8,10,13-14,21H,4,6-7H2,1-2H3,(H2,17,18)(H,19,20)/t8-,10-,13+,14-/m0/s1. The molecule has 4 N–H and O–H groups in total. The number of anilines is 1. The van der Waals surface area contributed by atoms with Crippen molar-refractivity contribution in [1.82, 2.24) is 15.2 Å². The summed E-state index contributed by atoms with van der Waals surface area (Å²) in [4.78, 5) is 4.09. The van der Waals surface area contributed by atoms with Gasteiger partial charge in [0.05, 0.1) is 12.2 Å². The topological polar surface area (TPSA) is 106 Å². The lowest BCUT2D eigenvalue weighted by atomic mass is 9.97. The highest BCUT2D eigenvalue weighted by atomic mass is 16.8. The molecule has 4 atom stereocenters. The maximum absolute atomic E-state index is 9.36. The Bertz CT molecular complexity index is 729. The van der Waals surface area contributed by atoms with Crippen molar-refractivity contribution in [3.05, 3.63) is 18.0 Å². The molecule has 2 aliphatic rings. The number of ether oxygens (including phenoxy) is 2. The number of nitrogens with zero attached hydrogens (tertiary/aromatic N) is 2. The lowest BCUT2D eigenvalue weighted by molar-refractivity contribution is -0.158. The first-order chi connectivity index (χ1) is 11.0. The fourth-order valence-corrected chi connectivity index (χ4v) is 4.08. The smallest absolute Gasteiger partial charge is 0.163 e. The Morgan fingerprint density at radius 3 is 2.96 bits per heavy atom. The first-order valence-electron chi connectivity index (χ1n) is 8.05. The molecule has 7 nitrogen and oxygen atoms in total. The molecular weight excluding hydrogens is 296 g/mol. The van der Waals surface area contributed by atoms with Gasteiger partial charge < -0.3 is 20.3 Å². The van der Waals surface area contributed by atoms with Gasteiger partial charge in [-0.15, -0.1) is 0 Å². The summed E-state index contributed by atoms with van der Waals surface area (Å²) in [6.07, 6.45) is 3.27. The molecule has 124 valence electrons. The van der Waals surface area contributed by atoms with Crippen molar-refractivity contribution in [2.24, 2.45) is 5.92 Å². The number of aliphatic hydroxyl groups excluding tert-OH is 1. The van der Waals surface area contributed by atoms with E-state index < -0.39 is 5.79 Å². The molecule has 3 heterocycles. The fraction of sp³-hybridized carbons (Fsp3) is 0.625. The molecule has 0 spiro atoms. The van der Waals surface area contributed by atoms with Gasteiger partial charge in [0.2, 0.25) is 0 Å². The average Bonchev–Trinajstić information content (AvgIpc) is 3.13. The zero-order chi connectivity index (χ0) is 16.2. The Hall–Kier alpha value is -1.70. The zero-order valence-corrected chi connectivity index (χ0v) is 13.3. The van der Waals surface area contributed by atoms with Crippen LogP contribution in [0.15, 0.2) is 12.3 Å². The third-order valence-electron chi connectivity index (χ3n) is 4.98. The number of nitrogen functional groups attached to an aromatic ring is 1. The lowest BCUT2D eigenvalue weighted by Gasteiger charge is -2.23. The molecule has 2 aromatic heterocycles. The molecule has 4 rings (SSSR count). The van der Waals surface area contributed by atoms with Gasteiger partial charge in [-0.25, -0.2) is 4.98 Å². The van der Waals surface area contributed by atoms with Crippen LogP contribution in [0.3, 0.4) is 0 Å². The third kappa shape index (κ3) is 2.31. The molecule has 1 saturated heterocycles. The summed E-state index contributed by atoms with van der Waals surface area (Å²) < 4.78 is 12.3. The summed E-state index contributed by atoms with van der Waals surface area (Å²) in [5, 5.41) is 17.8. The van der Waals surface area contributed by atoms with Crippen LogP contribution in [0.25, 0.3) is 10.9 Å². The van der Waals surface area contributed by atoms with Gasteiger partial charge in [0, 0.05) is 29.8 Å². The van der Waals surface area contributed by atoms with E-state index in [1.165, 1.54) is 0 Å². The first kappa shape index (κ1) is 14.9. The second-order valence-corrected chi connectivity index (χ2v) is 6.91. The van der Waals surface area contributed by atoms with Crippen LogP contribution in [0.1, 0.15) is 38.3 Å². The average molecular weight is 318 g/mol. The van der Waals surface area contributed by atoms with Gasteiger partial charge in [-0.2, -0.15) is 5.10 Å². The van der Waals surface area contributed by atoms with E-state index in [4.69, 9.17) is 15.2 Å². The van der Waals surface area contributed by atoms with Crippen LogP contribution in [0.5, 0.6) is 0 Å². The molecule has 0 bridgehead atoms. The number of rotatable bonds is 3. The quantitative estimate of drug-likeness (QED) is 0.792. The van der Waals surface area contributed by atoms with Crippen LogP contribution in [0.2, 0.25) is 0 Å². The maximum atomic E-state index is 9.36. The van der Waals surface area contributed by atoms with Gasteiger partial charge in [0.25, 0.3) is 0 Å². The van der Waals surface area contributed by atoms with E-state index in [1.807, 2.05) is 19.9 Å². The predicted octanol–water partition coefficient (Wildman–Crippen LogP) is 1.55. The van der Waals surface area contributed by atoms with Crippen LogP contribution in [0.4, 0.5) is 5.82 Å². The number of aromatic amines is 1. The number of nitrogens with one attached hydrogen (secondary N) is 1. The Morgan fingerprint density at radius 1 is 1.39 bits per heavy atom. The number of H-pyrrole nitrogens is 1. The van der Waals surface area contributed by atoms with E-state index in [0.717, 1.165) is 17.5 Å². The minimum Gasteiger partial charge on any atom is -0.396 e. The molecule has 2 aromatic rings. The van der Waals surface area contributed by atoms with Crippen LogP contribution >= 0.6 is 0 Å². The number of fused-ring (bicyclic) bond motifs is 2. The van der Waals surface area contributed by atoms with E-state index in [9.17, 15) is 5.11 Å². The van der Waals surface area contributed by atoms with Crippen molar-refractivity contribution in [2.75, 3.05) is 12.3 Å². The van der Waals surface area contributed by atoms with Crippen LogP contribution in [-0.4, -0.2) is 44.9 Å². The Balaban J connectivity index is 1.74. The number of nitrogens with two attached hydrogens (primary N) is 1. The minimum absolute atomic E-state index is 0.000292. The van der Waals surface area contributed by atoms with Crippen molar-refractivity contribution in [1.29, 1.82) is 0 Å². The minimum atomic E-state index is -0.599. The molecule has 1 saturated carbocycles. The highest BCUT2D eigenvalue weighted by Gasteiger charge is 2.54. The van der Waals surface area contributed by atoms with Crippen molar-refractivity contribution < 1.29 is 14.6 Å². The summed E-state index contributed by atoms with van der Waals surface area (Å²) in [6.45, 7) is 4.03. The summed E-state index contributed by atoms with van der Waals surface area (Å²) in [7, 11) is 0. The second kappa shape index (κ2) is 5.15. The number of aromatic nitrogens is 3. The highest BCUT2D eigenvalue weighted by molar-refractivity contribution is 5.89. The molecular formula is C16H22N4O3.